The molecule has 2 aromatic rings. The summed E-state index contributed by atoms with van der Waals surface area (Å²) in [6.45, 7) is 7.59. The van der Waals surface area contributed by atoms with Gasteiger partial charge < -0.3 is 16.0 Å². The van der Waals surface area contributed by atoms with Gasteiger partial charge in [0.1, 0.15) is 0 Å². The molecule has 0 aliphatic heterocycles. The standard InChI is InChI=1S/C20H24ClN3O2/c1-13-8-9-14(21)10-17(13)22-12-18(25)23-15-6-5-7-16(11-15)24-19(26)20(2,3)4/h5-11,22H,12H2,1-4H3,(H,23,25)(H,24,26). The van der Waals surface area contributed by atoms with E-state index in [1.807, 2.05) is 33.8 Å². The molecule has 0 aliphatic rings. The summed E-state index contributed by atoms with van der Waals surface area (Å²) in [4.78, 5) is 24.2. The first-order valence-corrected chi connectivity index (χ1v) is 8.74. The minimum atomic E-state index is -0.488. The maximum atomic E-state index is 12.2. The van der Waals surface area contributed by atoms with Gasteiger partial charge in [-0.2, -0.15) is 0 Å². The van der Waals surface area contributed by atoms with Gasteiger partial charge in [0.05, 0.1) is 6.54 Å². The molecule has 2 aromatic carbocycles. The second-order valence-electron chi connectivity index (χ2n) is 7.15. The summed E-state index contributed by atoms with van der Waals surface area (Å²) in [5.74, 6) is -0.275. The molecule has 0 unspecified atom stereocenters. The van der Waals surface area contributed by atoms with Crippen LogP contribution in [0.25, 0.3) is 0 Å². The summed E-state index contributed by atoms with van der Waals surface area (Å²) in [5.41, 5.74) is 2.60. The number of aryl methyl sites for hydroxylation is 1. The van der Waals surface area contributed by atoms with E-state index < -0.39 is 5.41 Å². The van der Waals surface area contributed by atoms with Crippen molar-refractivity contribution in [2.24, 2.45) is 5.41 Å². The number of halogens is 1. The van der Waals surface area contributed by atoms with E-state index in [0.29, 0.717) is 16.4 Å². The Morgan fingerprint density at radius 1 is 1.00 bits per heavy atom. The highest BCUT2D eigenvalue weighted by atomic mass is 35.5. The monoisotopic (exact) mass is 373 g/mol. The van der Waals surface area contributed by atoms with Crippen LogP contribution >= 0.6 is 11.6 Å². The highest BCUT2D eigenvalue weighted by Gasteiger charge is 2.21. The van der Waals surface area contributed by atoms with Gasteiger partial charge in [0, 0.05) is 27.5 Å². The fourth-order valence-electron chi connectivity index (χ4n) is 2.16. The van der Waals surface area contributed by atoms with Crippen LogP contribution in [-0.4, -0.2) is 18.4 Å². The summed E-state index contributed by atoms with van der Waals surface area (Å²) in [6.07, 6.45) is 0. The maximum absolute atomic E-state index is 12.2. The first-order valence-electron chi connectivity index (χ1n) is 8.36. The summed E-state index contributed by atoms with van der Waals surface area (Å²) in [5, 5.41) is 9.35. The molecule has 0 radical (unpaired) electrons. The molecule has 3 N–H and O–H groups in total. The Morgan fingerprint density at radius 2 is 1.65 bits per heavy atom. The molecule has 138 valence electrons. The number of carbonyl (C=O) groups excluding carboxylic acids is 2. The normalized spacial score (nSPS) is 11.0. The minimum absolute atomic E-state index is 0.0842. The summed E-state index contributed by atoms with van der Waals surface area (Å²) in [6, 6.07) is 12.5. The van der Waals surface area contributed by atoms with Crippen LogP contribution in [0.5, 0.6) is 0 Å². The molecule has 0 bridgehead atoms. The van der Waals surface area contributed by atoms with Gasteiger partial charge in [0.15, 0.2) is 0 Å². The minimum Gasteiger partial charge on any atom is -0.376 e. The van der Waals surface area contributed by atoms with Gasteiger partial charge in [-0.1, -0.05) is 44.5 Å². The Hall–Kier alpha value is -2.53. The van der Waals surface area contributed by atoms with E-state index in [4.69, 9.17) is 11.6 Å². The van der Waals surface area contributed by atoms with Crippen LogP contribution in [0.4, 0.5) is 17.1 Å². The second kappa shape index (κ2) is 8.23. The van der Waals surface area contributed by atoms with Crippen molar-refractivity contribution in [2.45, 2.75) is 27.7 Å². The molecule has 0 heterocycles. The lowest BCUT2D eigenvalue weighted by Crippen LogP contribution is -2.27. The van der Waals surface area contributed by atoms with E-state index >= 15 is 0 Å². The Labute approximate surface area is 159 Å². The second-order valence-corrected chi connectivity index (χ2v) is 7.58. The fourth-order valence-corrected chi connectivity index (χ4v) is 2.33. The molecule has 26 heavy (non-hydrogen) atoms. The number of benzene rings is 2. The zero-order valence-corrected chi connectivity index (χ0v) is 16.2. The SMILES string of the molecule is Cc1ccc(Cl)cc1NCC(=O)Nc1cccc(NC(=O)C(C)(C)C)c1. The van der Waals surface area contributed by atoms with Crippen molar-refractivity contribution >= 4 is 40.5 Å². The predicted octanol–water partition coefficient (Wildman–Crippen LogP) is 4.68. The molecule has 0 atom stereocenters. The van der Waals surface area contributed by atoms with Crippen molar-refractivity contribution < 1.29 is 9.59 Å². The number of carbonyl (C=O) groups is 2. The molecule has 2 amide bonds. The van der Waals surface area contributed by atoms with E-state index in [-0.39, 0.29) is 18.4 Å². The lowest BCUT2D eigenvalue weighted by Gasteiger charge is -2.18. The topological polar surface area (TPSA) is 70.2 Å². The van der Waals surface area contributed by atoms with E-state index in [0.717, 1.165) is 11.3 Å². The number of hydrogen-bond acceptors (Lipinski definition) is 3. The largest absolute Gasteiger partial charge is 0.376 e. The van der Waals surface area contributed by atoms with Gasteiger partial charge in [-0.15, -0.1) is 0 Å². The first kappa shape index (κ1) is 19.8. The number of hydrogen-bond donors (Lipinski definition) is 3. The Morgan fingerprint density at radius 3 is 2.31 bits per heavy atom. The Bertz CT molecular complexity index is 813. The molecule has 0 aliphatic carbocycles. The van der Waals surface area contributed by atoms with Gasteiger partial charge >= 0.3 is 0 Å². The number of nitrogens with one attached hydrogen (secondary N) is 3. The molecular formula is C20H24ClN3O2. The van der Waals surface area contributed by atoms with Gasteiger partial charge in [0.2, 0.25) is 11.8 Å². The average molecular weight is 374 g/mol. The molecule has 0 saturated heterocycles. The summed E-state index contributed by atoms with van der Waals surface area (Å²) in [7, 11) is 0. The summed E-state index contributed by atoms with van der Waals surface area (Å²) >= 11 is 5.98. The van der Waals surface area contributed by atoms with Gasteiger partial charge in [0.25, 0.3) is 0 Å². The van der Waals surface area contributed by atoms with Crippen molar-refractivity contribution in [1.82, 2.24) is 0 Å². The van der Waals surface area contributed by atoms with Crippen LogP contribution in [-0.2, 0) is 9.59 Å². The third-order valence-electron chi connectivity index (χ3n) is 3.72. The van der Waals surface area contributed by atoms with Gasteiger partial charge in [-0.05, 0) is 42.8 Å². The molecule has 0 aromatic heterocycles. The lowest BCUT2D eigenvalue weighted by molar-refractivity contribution is -0.123. The van der Waals surface area contributed by atoms with Crippen LogP contribution in [0.15, 0.2) is 42.5 Å². The van der Waals surface area contributed by atoms with E-state index in [1.165, 1.54) is 0 Å². The molecule has 5 nitrogen and oxygen atoms in total. The Kier molecular flexibility index (Phi) is 6.27. The molecular weight excluding hydrogens is 350 g/mol. The zero-order chi connectivity index (χ0) is 19.3. The smallest absolute Gasteiger partial charge is 0.243 e. The quantitative estimate of drug-likeness (QED) is 0.712. The Balaban J connectivity index is 1.96. The van der Waals surface area contributed by atoms with E-state index in [2.05, 4.69) is 16.0 Å². The van der Waals surface area contributed by atoms with Gasteiger partial charge in [-0.3, -0.25) is 9.59 Å². The molecule has 6 heteroatoms. The summed E-state index contributed by atoms with van der Waals surface area (Å²) < 4.78 is 0. The third-order valence-corrected chi connectivity index (χ3v) is 3.96. The number of rotatable bonds is 5. The first-order chi connectivity index (χ1) is 12.1. The van der Waals surface area contributed by atoms with E-state index in [1.54, 1.807) is 36.4 Å². The van der Waals surface area contributed by atoms with Gasteiger partial charge in [-0.25, -0.2) is 0 Å². The average Bonchev–Trinajstić information content (AvgIpc) is 2.55. The molecule has 0 saturated carbocycles. The van der Waals surface area contributed by atoms with Crippen LogP contribution in [0.3, 0.4) is 0 Å². The number of anilines is 3. The molecule has 0 fully saturated rings. The van der Waals surface area contributed by atoms with Crippen molar-refractivity contribution in [3.63, 3.8) is 0 Å². The van der Waals surface area contributed by atoms with Crippen molar-refractivity contribution in [3.8, 4) is 0 Å². The van der Waals surface area contributed by atoms with Crippen LogP contribution in [0.2, 0.25) is 5.02 Å². The van der Waals surface area contributed by atoms with Crippen molar-refractivity contribution in [1.29, 1.82) is 0 Å². The molecule has 0 spiro atoms. The number of amides is 2. The van der Waals surface area contributed by atoms with Crippen LogP contribution in [0.1, 0.15) is 26.3 Å². The van der Waals surface area contributed by atoms with Crippen molar-refractivity contribution in [3.05, 3.63) is 53.1 Å². The lowest BCUT2D eigenvalue weighted by atomic mass is 9.95. The van der Waals surface area contributed by atoms with E-state index in [9.17, 15) is 9.59 Å². The van der Waals surface area contributed by atoms with Crippen LogP contribution in [0, 0.1) is 12.3 Å². The predicted molar refractivity (Wildman–Crippen MR) is 108 cm³/mol. The highest BCUT2D eigenvalue weighted by Crippen LogP contribution is 2.21. The van der Waals surface area contributed by atoms with Crippen LogP contribution < -0.4 is 16.0 Å². The third kappa shape index (κ3) is 5.77. The zero-order valence-electron chi connectivity index (χ0n) is 15.4. The maximum Gasteiger partial charge on any atom is 0.243 e. The highest BCUT2D eigenvalue weighted by molar-refractivity contribution is 6.30. The fraction of sp³-hybridized carbons (Fsp3) is 0.300. The molecule has 2 rings (SSSR count). The van der Waals surface area contributed by atoms with Crippen molar-refractivity contribution in [2.75, 3.05) is 22.5 Å².